The van der Waals surface area contributed by atoms with E-state index >= 15 is 0 Å². The first-order valence-corrected chi connectivity index (χ1v) is 9.02. The molecule has 24 heavy (non-hydrogen) atoms. The third kappa shape index (κ3) is 4.13. The van der Waals surface area contributed by atoms with Crippen molar-refractivity contribution < 1.29 is 9.59 Å². The number of carbonyl (C=O) groups excluding carboxylic acids is 2. The zero-order valence-corrected chi connectivity index (χ0v) is 14.9. The Hall–Kier alpha value is -1.92. The normalized spacial score (nSPS) is 17.3. The second kappa shape index (κ2) is 7.32. The summed E-state index contributed by atoms with van der Waals surface area (Å²) in [6.45, 7) is 3.02. The van der Waals surface area contributed by atoms with Gasteiger partial charge in [0.1, 0.15) is 5.69 Å². The second-order valence-corrected chi connectivity index (χ2v) is 7.34. The number of carbonyl (C=O) groups is 2. The fourth-order valence-corrected chi connectivity index (χ4v) is 3.57. The fraction of sp³-hybridized carbons (Fsp3) is 0.353. The molecule has 7 heteroatoms. The molecule has 0 saturated carbocycles. The van der Waals surface area contributed by atoms with Crippen LogP contribution in [0.15, 0.2) is 29.6 Å². The van der Waals surface area contributed by atoms with Gasteiger partial charge >= 0.3 is 0 Å². The first-order chi connectivity index (χ1) is 11.5. The number of thiazole rings is 1. The Labute approximate surface area is 149 Å². The van der Waals surface area contributed by atoms with Gasteiger partial charge in [-0.05, 0) is 31.0 Å². The Kier molecular flexibility index (Phi) is 5.16. The Morgan fingerprint density at radius 2 is 2.33 bits per heavy atom. The molecule has 0 radical (unpaired) electrons. The average molecular weight is 364 g/mol. The van der Waals surface area contributed by atoms with E-state index in [4.69, 9.17) is 11.6 Å². The maximum atomic E-state index is 12.1. The summed E-state index contributed by atoms with van der Waals surface area (Å²) in [5.74, 6) is -0.148. The number of halogens is 1. The maximum Gasteiger partial charge on any atom is 0.271 e. The molecule has 1 aliphatic heterocycles. The number of nitrogens with zero attached hydrogens (tertiary/aromatic N) is 2. The second-order valence-electron chi connectivity index (χ2n) is 5.85. The van der Waals surface area contributed by atoms with Crippen LogP contribution in [0, 0.1) is 6.92 Å². The first kappa shape index (κ1) is 16.9. The summed E-state index contributed by atoms with van der Waals surface area (Å²) >= 11 is 7.41. The fourth-order valence-electron chi connectivity index (χ4n) is 2.77. The summed E-state index contributed by atoms with van der Waals surface area (Å²) in [4.78, 5) is 30.2. The number of hydrogen-bond acceptors (Lipinski definition) is 4. The van der Waals surface area contributed by atoms with E-state index in [1.165, 1.54) is 11.3 Å². The van der Waals surface area contributed by atoms with Gasteiger partial charge in [-0.25, -0.2) is 4.98 Å². The number of benzene rings is 1. The minimum absolute atomic E-state index is 0.0665. The molecule has 1 fully saturated rings. The molecule has 1 N–H and O–H groups in total. The van der Waals surface area contributed by atoms with Crippen LogP contribution in [-0.2, 0) is 11.2 Å². The van der Waals surface area contributed by atoms with Gasteiger partial charge in [0.05, 0.1) is 11.0 Å². The zero-order valence-electron chi connectivity index (χ0n) is 13.3. The van der Waals surface area contributed by atoms with Gasteiger partial charge in [-0.2, -0.15) is 0 Å². The van der Waals surface area contributed by atoms with E-state index < -0.39 is 0 Å². The SMILES string of the molecule is Cc1nc(C(=O)N[C@@H]2CC(=O)N(CCc3cccc(Cl)c3)C2)cs1. The van der Waals surface area contributed by atoms with Crippen molar-refractivity contribution in [3.8, 4) is 0 Å². The molecular formula is C17H18ClN3O2S. The van der Waals surface area contributed by atoms with Crippen molar-refractivity contribution in [3.05, 3.63) is 50.9 Å². The van der Waals surface area contributed by atoms with Gasteiger partial charge in [-0.15, -0.1) is 11.3 Å². The molecule has 1 aliphatic rings. The van der Waals surface area contributed by atoms with E-state index in [0.717, 1.165) is 17.0 Å². The zero-order chi connectivity index (χ0) is 17.1. The summed E-state index contributed by atoms with van der Waals surface area (Å²) in [6, 6.07) is 7.48. The third-order valence-electron chi connectivity index (χ3n) is 3.96. The number of amides is 2. The summed E-state index contributed by atoms with van der Waals surface area (Å²) in [5.41, 5.74) is 1.52. The van der Waals surface area contributed by atoms with Crippen molar-refractivity contribution in [1.82, 2.24) is 15.2 Å². The highest BCUT2D eigenvalue weighted by Gasteiger charge is 2.30. The number of aromatic nitrogens is 1. The lowest BCUT2D eigenvalue weighted by Gasteiger charge is -2.17. The molecule has 2 amide bonds. The first-order valence-electron chi connectivity index (χ1n) is 7.76. The monoisotopic (exact) mass is 363 g/mol. The molecule has 2 aromatic rings. The number of aryl methyl sites for hydroxylation is 1. The molecule has 0 spiro atoms. The molecule has 0 aliphatic carbocycles. The van der Waals surface area contributed by atoms with Crippen molar-refractivity contribution in [1.29, 1.82) is 0 Å². The van der Waals surface area contributed by atoms with Gasteiger partial charge in [-0.1, -0.05) is 23.7 Å². The van der Waals surface area contributed by atoms with E-state index in [-0.39, 0.29) is 17.9 Å². The Morgan fingerprint density at radius 3 is 3.04 bits per heavy atom. The molecule has 1 aromatic heterocycles. The summed E-state index contributed by atoms with van der Waals surface area (Å²) < 4.78 is 0. The van der Waals surface area contributed by atoms with E-state index in [9.17, 15) is 9.59 Å². The molecule has 0 unspecified atom stereocenters. The van der Waals surface area contributed by atoms with Crippen LogP contribution >= 0.6 is 22.9 Å². The Balaban J connectivity index is 1.53. The number of nitrogens with one attached hydrogen (secondary N) is 1. The largest absolute Gasteiger partial charge is 0.346 e. The minimum Gasteiger partial charge on any atom is -0.346 e. The van der Waals surface area contributed by atoms with Gasteiger partial charge in [-0.3, -0.25) is 9.59 Å². The van der Waals surface area contributed by atoms with E-state index in [2.05, 4.69) is 10.3 Å². The molecule has 5 nitrogen and oxygen atoms in total. The molecule has 1 atom stereocenters. The number of likely N-dealkylation sites (tertiary alicyclic amines) is 1. The summed E-state index contributed by atoms with van der Waals surface area (Å²) in [7, 11) is 0. The smallest absolute Gasteiger partial charge is 0.271 e. The van der Waals surface area contributed by atoms with Crippen molar-refractivity contribution in [2.75, 3.05) is 13.1 Å². The highest BCUT2D eigenvalue weighted by atomic mass is 35.5. The van der Waals surface area contributed by atoms with E-state index in [1.54, 1.807) is 10.3 Å². The van der Waals surface area contributed by atoms with Crippen molar-refractivity contribution in [3.63, 3.8) is 0 Å². The van der Waals surface area contributed by atoms with Crippen molar-refractivity contribution in [2.24, 2.45) is 0 Å². The molecule has 1 saturated heterocycles. The van der Waals surface area contributed by atoms with E-state index in [1.807, 2.05) is 31.2 Å². The number of hydrogen-bond donors (Lipinski definition) is 1. The van der Waals surface area contributed by atoms with Gasteiger partial charge in [0, 0.05) is 29.9 Å². The van der Waals surface area contributed by atoms with Crippen LogP contribution in [0.4, 0.5) is 0 Å². The predicted molar refractivity (Wildman–Crippen MR) is 94.5 cm³/mol. The topological polar surface area (TPSA) is 62.3 Å². The van der Waals surface area contributed by atoms with Gasteiger partial charge in [0.25, 0.3) is 5.91 Å². The summed E-state index contributed by atoms with van der Waals surface area (Å²) in [6.07, 6.45) is 1.09. The molecule has 3 rings (SSSR count). The highest BCUT2D eigenvalue weighted by molar-refractivity contribution is 7.09. The molecule has 126 valence electrons. The van der Waals surface area contributed by atoms with Crippen LogP contribution in [0.25, 0.3) is 0 Å². The third-order valence-corrected chi connectivity index (χ3v) is 4.97. The van der Waals surface area contributed by atoms with E-state index in [0.29, 0.717) is 30.2 Å². The summed E-state index contributed by atoms with van der Waals surface area (Å²) in [5, 5.41) is 6.18. The van der Waals surface area contributed by atoms with Crippen LogP contribution in [0.3, 0.4) is 0 Å². The Bertz CT molecular complexity index is 762. The van der Waals surface area contributed by atoms with Crippen molar-refractivity contribution >= 4 is 34.8 Å². The maximum absolute atomic E-state index is 12.1. The number of rotatable bonds is 5. The minimum atomic E-state index is -0.214. The lowest BCUT2D eigenvalue weighted by Crippen LogP contribution is -2.37. The van der Waals surface area contributed by atoms with Gasteiger partial charge < -0.3 is 10.2 Å². The molecular weight excluding hydrogens is 346 g/mol. The van der Waals surface area contributed by atoms with Crippen LogP contribution in [-0.4, -0.2) is 40.8 Å². The molecule has 1 aromatic carbocycles. The predicted octanol–water partition coefficient (Wildman–Crippen LogP) is 2.68. The average Bonchev–Trinajstić information content (AvgIpc) is 3.11. The molecule has 2 heterocycles. The molecule has 0 bridgehead atoms. The quantitative estimate of drug-likeness (QED) is 0.888. The lowest BCUT2D eigenvalue weighted by atomic mass is 10.1. The lowest BCUT2D eigenvalue weighted by molar-refractivity contribution is -0.127. The van der Waals surface area contributed by atoms with Crippen LogP contribution in [0.5, 0.6) is 0 Å². The van der Waals surface area contributed by atoms with Crippen molar-refractivity contribution in [2.45, 2.75) is 25.8 Å². The van der Waals surface area contributed by atoms with Crippen LogP contribution in [0.1, 0.15) is 27.5 Å². The van der Waals surface area contributed by atoms with Crippen LogP contribution in [0.2, 0.25) is 5.02 Å². The Morgan fingerprint density at radius 1 is 1.50 bits per heavy atom. The van der Waals surface area contributed by atoms with Gasteiger partial charge in [0.15, 0.2) is 0 Å². The van der Waals surface area contributed by atoms with Crippen LogP contribution < -0.4 is 5.32 Å². The standard InChI is InChI=1S/C17H18ClN3O2S/c1-11-19-15(10-24-11)17(23)20-14-8-16(22)21(9-14)6-5-12-3-2-4-13(18)7-12/h2-4,7,10,14H,5-6,8-9H2,1H3,(H,20,23)/t14-/m1/s1. The highest BCUT2D eigenvalue weighted by Crippen LogP contribution is 2.16. The van der Waals surface area contributed by atoms with Gasteiger partial charge in [0.2, 0.25) is 5.91 Å².